The number of benzene rings is 1. The molecule has 0 aliphatic rings. The number of halogens is 1. The summed E-state index contributed by atoms with van der Waals surface area (Å²) in [5.74, 6) is -0.606. The third-order valence-electron chi connectivity index (χ3n) is 4.97. The highest BCUT2D eigenvalue weighted by molar-refractivity contribution is 5.80. The van der Waals surface area contributed by atoms with Crippen molar-refractivity contribution >= 4 is 5.91 Å². The Bertz CT molecular complexity index is 1170. The first kappa shape index (κ1) is 20.4. The number of carbonyl (C=O) groups is 1. The Hall–Kier alpha value is -3.87. The summed E-state index contributed by atoms with van der Waals surface area (Å²) in [4.78, 5) is 20.8. The third-order valence-corrected chi connectivity index (χ3v) is 4.97. The minimum absolute atomic E-state index is 0.00276. The van der Waals surface area contributed by atoms with Gasteiger partial charge in [0.25, 0.3) is 0 Å². The molecule has 4 aromatic rings. The molecule has 3 aromatic heterocycles. The number of aromatic nitrogens is 4. The van der Waals surface area contributed by atoms with Gasteiger partial charge in [0, 0.05) is 42.0 Å². The molecule has 0 saturated heterocycles. The summed E-state index contributed by atoms with van der Waals surface area (Å²) in [6.45, 7) is 2.78. The second-order valence-electron chi connectivity index (χ2n) is 7.17. The van der Waals surface area contributed by atoms with Crippen LogP contribution in [0, 0.1) is 12.7 Å². The van der Waals surface area contributed by atoms with Gasteiger partial charge >= 0.3 is 0 Å². The molecular formula is C24H22FN5O. The lowest BCUT2D eigenvalue weighted by atomic mass is 10.0. The minimum atomic E-state index is -0.374. The highest BCUT2D eigenvalue weighted by Gasteiger charge is 2.15. The van der Waals surface area contributed by atoms with Crippen molar-refractivity contribution in [1.29, 1.82) is 0 Å². The highest BCUT2D eigenvalue weighted by atomic mass is 19.1. The Kier molecular flexibility index (Phi) is 6.12. The average molecular weight is 415 g/mol. The van der Waals surface area contributed by atoms with E-state index in [-0.39, 0.29) is 18.1 Å². The van der Waals surface area contributed by atoms with Crippen molar-refractivity contribution in [3.63, 3.8) is 0 Å². The Balaban J connectivity index is 1.52. The maximum Gasteiger partial charge on any atom is 0.224 e. The zero-order valence-corrected chi connectivity index (χ0v) is 17.1. The van der Waals surface area contributed by atoms with Crippen LogP contribution < -0.4 is 5.32 Å². The van der Waals surface area contributed by atoms with Crippen LogP contribution in [0.5, 0.6) is 0 Å². The normalized spacial score (nSPS) is 10.8. The summed E-state index contributed by atoms with van der Waals surface area (Å²) >= 11 is 0. The van der Waals surface area contributed by atoms with Gasteiger partial charge < -0.3 is 5.32 Å². The molecule has 4 rings (SSSR count). The molecule has 0 aliphatic carbocycles. The lowest BCUT2D eigenvalue weighted by molar-refractivity contribution is -0.120. The van der Waals surface area contributed by atoms with Gasteiger partial charge in [-0.3, -0.25) is 19.4 Å². The van der Waals surface area contributed by atoms with Crippen LogP contribution in [0.25, 0.3) is 22.4 Å². The fraction of sp³-hybridized carbons (Fsp3) is 0.167. The molecule has 0 saturated carbocycles. The number of rotatable bonds is 7. The Morgan fingerprint density at radius 3 is 2.58 bits per heavy atom. The summed E-state index contributed by atoms with van der Waals surface area (Å²) < 4.78 is 15.6. The molecule has 0 atom stereocenters. The number of nitrogens with zero attached hydrogens (tertiary/aromatic N) is 4. The quantitative estimate of drug-likeness (QED) is 0.498. The van der Waals surface area contributed by atoms with Crippen LogP contribution in [-0.4, -0.2) is 32.2 Å². The van der Waals surface area contributed by atoms with Crippen molar-refractivity contribution in [3.8, 4) is 22.4 Å². The molecule has 31 heavy (non-hydrogen) atoms. The number of hydrogen-bond acceptors (Lipinski definition) is 4. The zero-order valence-electron chi connectivity index (χ0n) is 17.1. The van der Waals surface area contributed by atoms with E-state index in [4.69, 9.17) is 0 Å². The van der Waals surface area contributed by atoms with E-state index in [9.17, 15) is 9.18 Å². The number of nitrogens with one attached hydrogen (secondary N) is 1. The van der Waals surface area contributed by atoms with Crippen LogP contribution in [0.4, 0.5) is 4.39 Å². The smallest absolute Gasteiger partial charge is 0.224 e. The van der Waals surface area contributed by atoms with Crippen LogP contribution >= 0.6 is 0 Å². The summed E-state index contributed by atoms with van der Waals surface area (Å²) in [5, 5.41) is 7.40. The predicted molar refractivity (Wildman–Crippen MR) is 117 cm³/mol. The number of amides is 1. The SMILES string of the molecule is Cc1ccc(-c2c(-c3ccncc3)cnn2CCNC(=O)Cc2ccccc2F)cn1. The van der Waals surface area contributed by atoms with E-state index in [1.165, 1.54) is 6.07 Å². The second kappa shape index (κ2) is 9.30. The molecular weight excluding hydrogens is 393 g/mol. The third kappa shape index (κ3) is 4.83. The van der Waals surface area contributed by atoms with Crippen LogP contribution in [-0.2, 0) is 17.8 Å². The minimum Gasteiger partial charge on any atom is -0.354 e. The van der Waals surface area contributed by atoms with Crippen molar-refractivity contribution < 1.29 is 9.18 Å². The van der Waals surface area contributed by atoms with Gasteiger partial charge in [-0.15, -0.1) is 0 Å². The topological polar surface area (TPSA) is 72.7 Å². The van der Waals surface area contributed by atoms with E-state index < -0.39 is 0 Å². The van der Waals surface area contributed by atoms with Crippen molar-refractivity contribution in [2.75, 3.05) is 6.54 Å². The van der Waals surface area contributed by atoms with Gasteiger partial charge in [-0.05, 0) is 48.4 Å². The van der Waals surface area contributed by atoms with E-state index in [0.717, 1.165) is 28.1 Å². The number of pyridine rings is 2. The van der Waals surface area contributed by atoms with Gasteiger partial charge in [-0.2, -0.15) is 5.10 Å². The standard InChI is InChI=1S/C24H22FN5O/c1-17-6-7-20(15-28-17)24-21(18-8-10-26-11-9-18)16-29-30(24)13-12-27-23(31)14-19-4-2-3-5-22(19)25/h2-11,15-16H,12-14H2,1H3,(H,27,31). The van der Waals surface area contributed by atoms with Gasteiger partial charge in [-0.1, -0.05) is 18.2 Å². The first-order valence-corrected chi connectivity index (χ1v) is 10.0. The van der Waals surface area contributed by atoms with Crippen molar-refractivity contribution in [3.05, 3.63) is 90.4 Å². The summed E-state index contributed by atoms with van der Waals surface area (Å²) in [6.07, 6.45) is 7.12. The Labute approximate surface area is 179 Å². The maximum atomic E-state index is 13.8. The lowest BCUT2D eigenvalue weighted by Gasteiger charge is -2.11. The first-order valence-electron chi connectivity index (χ1n) is 10.0. The lowest BCUT2D eigenvalue weighted by Crippen LogP contribution is -2.29. The van der Waals surface area contributed by atoms with Gasteiger partial charge in [0.2, 0.25) is 5.91 Å². The molecule has 0 bridgehead atoms. The van der Waals surface area contributed by atoms with Gasteiger partial charge in [-0.25, -0.2) is 4.39 Å². The molecule has 0 spiro atoms. The Morgan fingerprint density at radius 1 is 1.03 bits per heavy atom. The molecule has 0 radical (unpaired) electrons. The average Bonchev–Trinajstić information content (AvgIpc) is 3.20. The maximum absolute atomic E-state index is 13.8. The molecule has 1 amide bonds. The van der Waals surface area contributed by atoms with E-state index in [0.29, 0.717) is 18.7 Å². The largest absolute Gasteiger partial charge is 0.354 e. The molecule has 6 nitrogen and oxygen atoms in total. The van der Waals surface area contributed by atoms with Crippen LogP contribution in [0.3, 0.4) is 0 Å². The first-order chi connectivity index (χ1) is 15.1. The molecule has 3 heterocycles. The second-order valence-corrected chi connectivity index (χ2v) is 7.17. The molecule has 156 valence electrons. The van der Waals surface area contributed by atoms with Crippen molar-refractivity contribution in [2.45, 2.75) is 19.9 Å². The number of aryl methyl sites for hydroxylation is 1. The van der Waals surface area contributed by atoms with Gasteiger partial charge in [0.1, 0.15) is 5.82 Å². The predicted octanol–water partition coefficient (Wildman–Crippen LogP) is 3.81. The van der Waals surface area contributed by atoms with E-state index in [1.54, 1.807) is 30.6 Å². The summed E-state index contributed by atoms with van der Waals surface area (Å²) in [7, 11) is 0. The molecule has 7 heteroatoms. The molecule has 1 aromatic carbocycles. The summed E-state index contributed by atoms with van der Waals surface area (Å²) in [6, 6.07) is 14.1. The molecule has 0 aliphatic heterocycles. The fourth-order valence-corrected chi connectivity index (χ4v) is 3.39. The van der Waals surface area contributed by atoms with Crippen molar-refractivity contribution in [2.24, 2.45) is 0 Å². The zero-order chi connectivity index (χ0) is 21.6. The van der Waals surface area contributed by atoms with E-state index in [1.807, 2.05) is 48.3 Å². The monoisotopic (exact) mass is 415 g/mol. The van der Waals surface area contributed by atoms with Gasteiger partial charge in [0.15, 0.2) is 0 Å². The van der Waals surface area contributed by atoms with Gasteiger partial charge in [0.05, 0.1) is 24.9 Å². The van der Waals surface area contributed by atoms with Crippen molar-refractivity contribution in [1.82, 2.24) is 25.1 Å². The fourth-order valence-electron chi connectivity index (χ4n) is 3.39. The summed E-state index contributed by atoms with van der Waals surface area (Å²) in [5.41, 5.74) is 5.13. The highest BCUT2D eigenvalue weighted by Crippen LogP contribution is 2.31. The Morgan fingerprint density at radius 2 is 1.84 bits per heavy atom. The molecule has 1 N–H and O–H groups in total. The number of hydrogen-bond donors (Lipinski definition) is 1. The van der Waals surface area contributed by atoms with Crippen LogP contribution in [0.1, 0.15) is 11.3 Å². The van der Waals surface area contributed by atoms with E-state index in [2.05, 4.69) is 20.4 Å². The number of carbonyl (C=O) groups excluding carboxylic acids is 1. The molecule has 0 unspecified atom stereocenters. The van der Waals surface area contributed by atoms with E-state index >= 15 is 0 Å². The molecule has 0 fully saturated rings. The van der Waals surface area contributed by atoms with Crippen LogP contribution in [0.2, 0.25) is 0 Å². The van der Waals surface area contributed by atoms with Crippen LogP contribution in [0.15, 0.2) is 73.3 Å².